The van der Waals surface area contributed by atoms with Crippen LogP contribution in [0.25, 0.3) is 0 Å². The highest BCUT2D eigenvalue weighted by atomic mass is 16.5. The molecule has 0 atom stereocenters. The molecule has 0 fully saturated rings. The van der Waals surface area contributed by atoms with Gasteiger partial charge in [-0.1, -0.05) is 38.1 Å². The van der Waals surface area contributed by atoms with Gasteiger partial charge in [-0.2, -0.15) is 4.98 Å². The number of hydrogen-bond donors (Lipinski definition) is 2. The van der Waals surface area contributed by atoms with E-state index in [2.05, 4.69) is 46.6 Å². The SMILES string of the molecule is CCOC(=O)c1ccccc1Nc1ccnc(Nc2ccc(C(C)C)cc2)n1. The normalized spacial score (nSPS) is 10.6. The Hall–Kier alpha value is -3.41. The molecule has 0 radical (unpaired) electrons. The number of nitrogens with zero attached hydrogens (tertiary/aromatic N) is 2. The maximum Gasteiger partial charge on any atom is 0.340 e. The van der Waals surface area contributed by atoms with Gasteiger partial charge < -0.3 is 15.4 Å². The van der Waals surface area contributed by atoms with E-state index in [1.54, 1.807) is 31.3 Å². The maximum atomic E-state index is 12.1. The summed E-state index contributed by atoms with van der Waals surface area (Å²) in [6, 6.07) is 17.1. The van der Waals surface area contributed by atoms with Crippen molar-refractivity contribution in [2.24, 2.45) is 0 Å². The third kappa shape index (κ3) is 4.85. The Labute approximate surface area is 165 Å². The van der Waals surface area contributed by atoms with Gasteiger partial charge in [0.2, 0.25) is 5.95 Å². The summed E-state index contributed by atoms with van der Waals surface area (Å²) in [6.07, 6.45) is 1.66. The quantitative estimate of drug-likeness (QED) is 0.548. The summed E-state index contributed by atoms with van der Waals surface area (Å²) in [5.74, 6) is 1.16. The molecule has 6 heteroatoms. The first-order chi connectivity index (χ1) is 13.6. The molecule has 144 valence electrons. The Morgan fingerprint density at radius 3 is 2.50 bits per heavy atom. The van der Waals surface area contributed by atoms with Crippen molar-refractivity contribution in [1.29, 1.82) is 0 Å². The molecule has 28 heavy (non-hydrogen) atoms. The second-order valence-corrected chi connectivity index (χ2v) is 6.56. The van der Waals surface area contributed by atoms with Crippen LogP contribution in [0.15, 0.2) is 60.8 Å². The van der Waals surface area contributed by atoms with E-state index < -0.39 is 0 Å². The molecule has 0 unspecified atom stereocenters. The van der Waals surface area contributed by atoms with Crippen LogP contribution in [0, 0.1) is 0 Å². The minimum absolute atomic E-state index is 0.324. The summed E-state index contributed by atoms with van der Waals surface area (Å²) in [5, 5.41) is 6.37. The molecule has 0 saturated carbocycles. The van der Waals surface area contributed by atoms with Crippen LogP contribution in [0.4, 0.5) is 23.1 Å². The number of esters is 1. The molecule has 0 saturated heterocycles. The van der Waals surface area contributed by atoms with Gasteiger partial charge in [0.05, 0.1) is 17.9 Å². The maximum absolute atomic E-state index is 12.1. The number of hydrogen-bond acceptors (Lipinski definition) is 6. The van der Waals surface area contributed by atoms with Crippen LogP contribution in [0.3, 0.4) is 0 Å². The van der Waals surface area contributed by atoms with Crippen LogP contribution in [-0.2, 0) is 4.74 Å². The highest BCUT2D eigenvalue weighted by Gasteiger charge is 2.12. The van der Waals surface area contributed by atoms with Gasteiger partial charge in [0.25, 0.3) is 0 Å². The van der Waals surface area contributed by atoms with E-state index in [1.165, 1.54) is 5.56 Å². The van der Waals surface area contributed by atoms with Gasteiger partial charge in [0, 0.05) is 11.9 Å². The molecule has 0 aliphatic heterocycles. The zero-order valence-electron chi connectivity index (χ0n) is 16.3. The number of aromatic nitrogens is 2. The molecule has 6 nitrogen and oxygen atoms in total. The summed E-state index contributed by atoms with van der Waals surface area (Å²) >= 11 is 0. The van der Waals surface area contributed by atoms with Crippen molar-refractivity contribution < 1.29 is 9.53 Å². The molecule has 3 rings (SSSR count). The molecule has 0 amide bonds. The molecule has 0 aliphatic rings. The lowest BCUT2D eigenvalue weighted by atomic mass is 10.0. The zero-order valence-corrected chi connectivity index (χ0v) is 16.3. The van der Waals surface area contributed by atoms with Crippen LogP contribution in [0.1, 0.15) is 42.6 Å². The molecule has 0 bridgehead atoms. The molecule has 3 aromatic rings. The Balaban J connectivity index is 1.76. The van der Waals surface area contributed by atoms with E-state index in [4.69, 9.17) is 4.74 Å². The highest BCUT2D eigenvalue weighted by Crippen LogP contribution is 2.22. The molecule has 0 aliphatic carbocycles. The molecule has 0 spiro atoms. The van der Waals surface area contributed by atoms with E-state index in [0.717, 1.165) is 5.69 Å². The van der Waals surface area contributed by atoms with Crippen molar-refractivity contribution >= 4 is 29.1 Å². The minimum Gasteiger partial charge on any atom is -0.462 e. The summed E-state index contributed by atoms with van der Waals surface area (Å²) in [4.78, 5) is 20.9. The highest BCUT2D eigenvalue weighted by molar-refractivity contribution is 5.96. The average Bonchev–Trinajstić information content (AvgIpc) is 2.69. The second kappa shape index (κ2) is 8.99. The first kappa shape index (κ1) is 19.4. The summed E-state index contributed by atoms with van der Waals surface area (Å²) in [5.41, 5.74) is 3.28. The van der Waals surface area contributed by atoms with Gasteiger partial charge in [-0.05, 0) is 48.7 Å². The lowest BCUT2D eigenvalue weighted by Gasteiger charge is -2.12. The topological polar surface area (TPSA) is 76.1 Å². The molecular weight excluding hydrogens is 352 g/mol. The van der Waals surface area contributed by atoms with E-state index >= 15 is 0 Å². The molecule has 1 aromatic heterocycles. The smallest absolute Gasteiger partial charge is 0.340 e. The summed E-state index contributed by atoms with van der Waals surface area (Å²) in [6.45, 7) is 6.43. The van der Waals surface area contributed by atoms with Crippen LogP contribution in [0.2, 0.25) is 0 Å². The van der Waals surface area contributed by atoms with Crippen molar-refractivity contribution in [1.82, 2.24) is 9.97 Å². The Bertz CT molecular complexity index is 939. The first-order valence-corrected chi connectivity index (χ1v) is 9.30. The van der Waals surface area contributed by atoms with Crippen LogP contribution in [-0.4, -0.2) is 22.5 Å². The molecule has 2 N–H and O–H groups in total. The third-order valence-corrected chi connectivity index (χ3v) is 4.17. The number of rotatable bonds is 7. The van der Waals surface area contributed by atoms with E-state index in [9.17, 15) is 4.79 Å². The standard InChI is InChI=1S/C22H24N4O2/c1-4-28-21(27)18-7-5-6-8-19(18)25-20-13-14-23-22(26-20)24-17-11-9-16(10-12-17)15(2)3/h5-15H,4H2,1-3H3,(H2,23,24,25,26). The Kier molecular flexibility index (Phi) is 6.22. The predicted molar refractivity (Wildman–Crippen MR) is 112 cm³/mol. The average molecular weight is 376 g/mol. The van der Waals surface area contributed by atoms with Crippen LogP contribution < -0.4 is 10.6 Å². The zero-order chi connectivity index (χ0) is 19.9. The number of carbonyl (C=O) groups excluding carboxylic acids is 1. The molecule has 1 heterocycles. The van der Waals surface area contributed by atoms with Crippen molar-refractivity contribution in [2.45, 2.75) is 26.7 Å². The van der Waals surface area contributed by atoms with Crippen LogP contribution in [0.5, 0.6) is 0 Å². The number of ether oxygens (including phenoxy) is 1. The van der Waals surface area contributed by atoms with Gasteiger partial charge in [0.1, 0.15) is 5.82 Å². The lowest BCUT2D eigenvalue weighted by Crippen LogP contribution is -2.08. The lowest BCUT2D eigenvalue weighted by molar-refractivity contribution is 0.0527. The van der Waals surface area contributed by atoms with Gasteiger partial charge in [-0.3, -0.25) is 0 Å². The number of benzene rings is 2. The minimum atomic E-state index is -0.372. The van der Waals surface area contributed by atoms with Gasteiger partial charge in [-0.25, -0.2) is 9.78 Å². The largest absolute Gasteiger partial charge is 0.462 e. The number of nitrogens with one attached hydrogen (secondary N) is 2. The fourth-order valence-corrected chi connectivity index (χ4v) is 2.69. The Morgan fingerprint density at radius 2 is 1.79 bits per heavy atom. The van der Waals surface area contributed by atoms with Crippen molar-refractivity contribution in [3.63, 3.8) is 0 Å². The number of para-hydroxylation sites is 1. The van der Waals surface area contributed by atoms with E-state index in [0.29, 0.717) is 35.5 Å². The fraction of sp³-hybridized carbons (Fsp3) is 0.227. The van der Waals surface area contributed by atoms with Crippen molar-refractivity contribution in [3.8, 4) is 0 Å². The number of carbonyl (C=O) groups is 1. The van der Waals surface area contributed by atoms with Gasteiger partial charge in [-0.15, -0.1) is 0 Å². The Morgan fingerprint density at radius 1 is 1.04 bits per heavy atom. The van der Waals surface area contributed by atoms with Crippen molar-refractivity contribution in [3.05, 3.63) is 71.9 Å². The van der Waals surface area contributed by atoms with E-state index in [-0.39, 0.29) is 5.97 Å². The fourth-order valence-electron chi connectivity index (χ4n) is 2.69. The van der Waals surface area contributed by atoms with Gasteiger partial charge in [0.15, 0.2) is 0 Å². The van der Waals surface area contributed by atoms with Gasteiger partial charge >= 0.3 is 5.97 Å². The van der Waals surface area contributed by atoms with Crippen LogP contribution >= 0.6 is 0 Å². The molecule has 2 aromatic carbocycles. The first-order valence-electron chi connectivity index (χ1n) is 9.30. The second-order valence-electron chi connectivity index (χ2n) is 6.56. The van der Waals surface area contributed by atoms with E-state index in [1.807, 2.05) is 24.3 Å². The monoisotopic (exact) mass is 376 g/mol. The summed E-state index contributed by atoms with van der Waals surface area (Å²) < 4.78 is 5.11. The predicted octanol–water partition coefficient (Wildman–Crippen LogP) is 5.26. The number of anilines is 4. The van der Waals surface area contributed by atoms with Crippen molar-refractivity contribution in [2.75, 3.05) is 17.2 Å². The third-order valence-electron chi connectivity index (χ3n) is 4.17. The summed E-state index contributed by atoms with van der Waals surface area (Å²) in [7, 11) is 0. The molecular formula is C22H24N4O2.